The summed E-state index contributed by atoms with van der Waals surface area (Å²) in [5.74, 6) is -0.867. The van der Waals surface area contributed by atoms with E-state index in [9.17, 15) is 24.8 Å². The van der Waals surface area contributed by atoms with Crippen LogP contribution in [0.5, 0.6) is 0 Å². The van der Waals surface area contributed by atoms with Crippen molar-refractivity contribution >= 4 is 34.1 Å². The lowest BCUT2D eigenvalue weighted by Crippen LogP contribution is -2.47. The van der Waals surface area contributed by atoms with E-state index in [4.69, 9.17) is 0 Å². The zero-order chi connectivity index (χ0) is 25.6. The van der Waals surface area contributed by atoms with Gasteiger partial charge >= 0.3 is 5.82 Å². The maximum atomic E-state index is 13.4. The molecule has 1 atom stereocenters. The number of anilines is 1. The summed E-state index contributed by atoms with van der Waals surface area (Å²) in [6, 6.07) is 9.14. The number of imide groups is 1. The Kier molecular flexibility index (Phi) is 6.19. The van der Waals surface area contributed by atoms with Gasteiger partial charge < -0.3 is 25.0 Å². The molecular weight excluding hydrogens is 464 g/mol. The molecule has 11 heteroatoms. The van der Waals surface area contributed by atoms with Gasteiger partial charge in [0.2, 0.25) is 0 Å². The first kappa shape index (κ1) is 23.9. The van der Waals surface area contributed by atoms with E-state index in [0.29, 0.717) is 22.3 Å². The third-order valence-corrected chi connectivity index (χ3v) is 7.14. The molecule has 0 radical (unpaired) electrons. The minimum Gasteiger partial charge on any atom is -0.387 e. The highest BCUT2D eigenvalue weighted by molar-refractivity contribution is 6.26. The number of imidazole rings is 1. The van der Waals surface area contributed by atoms with Crippen LogP contribution in [0.2, 0.25) is 0 Å². The largest absolute Gasteiger partial charge is 0.387 e. The second kappa shape index (κ2) is 9.32. The molecule has 2 amide bonds. The zero-order valence-corrected chi connectivity index (χ0v) is 20.3. The highest BCUT2D eigenvalue weighted by Crippen LogP contribution is 2.36. The quantitative estimate of drug-likeness (QED) is 0.302. The average Bonchev–Trinajstić information content (AvgIpc) is 3.24. The van der Waals surface area contributed by atoms with Gasteiger partial charge in [-0.2, -0.15) is 0 Å². The standard InChI is InChI=1S/C25H28N6O5/c1-3-27-9-11-28(12-10-27)21-8-7-20-23-18(21)5-4-6-19(23)24(33)30(25(20)34)15-17(32)14-29-16(2)26-13-22(29)31(35)36/h4-8,13,17,32H,3,9-12,14-15H2,1-2H3. The number of carbonyl (C=O) groups excluding carboxylic acids is 2. The zero-order valence-electron chi connectivity index (χ0n) is 20.3. The predicted molar refractivity (Wildman–Crippen MR) is 133 cm³/mol. The Balaban J connectivity index is 1.42. The van der Waals surface area contributed by atoms with Crippen LogP contribution in [0.3, 0.4) is 0 Å². The Labute approximate surface area is 207 Å². The van der Waals surface area contributed by atoms with Gasteiger partial charge in [0, 0.05) is 60.7 Å². The maximum Gasteiger partial charge on any atom is 0.342 e. The van der Waals surface area contributed by atoms with Gasteiger partial charge in [-0.15, -0.1) is 0 Å². The lowest BCUT2D eigenvalue weighted by Gasteiger charge is -2.37. The van der Waals surface area contributed by atoms with Gasteiger partial charge in [-0.25, -0.2) is 9.55 Å². The lowest BCUT2D eigenvalue weighted by molar-refractivity contribution is -0.392. The summed E-state index contributed by atoms with van der Waals surface area (Å²) in [5, 5.41) is 23.5. The molecule has 3 heterocycles. The van der Waals surface area contributed by atoms with E-state index in [2.05, 4.69) is 21.7 Å². The van der Waals surface area contributed by atoms with Crippen LogP contribution in [-0.2, 0) is 6.54 Å². The molecule has 0 saturated carbocycles. The minimum atomic E-state index is -1.21. The van der Waals surface area contributed by atoms with Gasteiger partial charge in [0.15, 0.2) is 5.82 Å². The maximum absolute atomic E-state index is 13.4. The van der Waals surface area contributed by atoms with E-state index in [-0.39, 0.29) is 18.9 Å². The van der Waals surface area contributed by atoms with E-state index in [1.807, 2.05) is 18.2 Å². The molecule has 0 aliphatic carbocycles. The number of aliphatic hydroxyl groups excluding tert-OH is 1. The molecule has 0 bridgehead atoms. The Morgan fingerprint density at radius 3 is 2.42 bits per heavy atom. The van der Waals surface area contributed by atoms with Crippen LogP contribution in [-0.4, -0.2) is 86.6 Å². The van der Waals surface area contributed by atoms with Crippen molar-refractivity contribution in [3.05, 3.63) is 63.6 Å². The highest BCUT2D eigenvalue weighted by Gasteiger charge is 2.35. The van der Waals surface area contributed by atoms with Gasteiger partial charge in [-0.3, -0.25) is 14.5 Å². The molecule has 2 aromatic carbocycles. The topological polar surface area (TPSA) is 125 Å². The van der Waals surface area contributed by atoms with Crippen LogP contribution < -0.4 is 4.90 Å². The monoisotopic (exact) mass is 492 g/mol. The molecule has 1 fully saturated rings. The van der Waals surface area contributed by atoms with Crippen LogP contribution >= 0.6 is 0 Å². The first-order valence-electron chi connectivity index (χ1n) is 12.0. The van der Waals surface area contributed by atoms with Crippen molar-refractivity contribution in [2.75, 3.05) is 44.2 Å². The van der Waals surface area contributed by atoms with Crippen LogP contribution in [0.15, 0.2) is 36.5 Å². The molecule has 36 heavy (non-hydrogen) atoms. The van der Waals surface area contributed by atoms with E-state index in [0.717, 1.165) is 54.9 Å². The summed E-state index contributed by atoms with van der Waals surface area (Å²) in [6.07, 6.45) is -0.0880. The van der Waals surface area contributed by atoms with Crippen LogP contribution in [0, 0.1) is 17.0 Å². The molecule has 1 aromatic heterocycles. The molecule has 3 aromatic rings. The number of carbonyl (C=O) groups is 2. The number of nitro groups is 1. The van der Waals surface area contributed by atoms with Crippen molar-refractivity contribution < 1.29 is 19.6 Å². The molecule has 0 spiro atoms. The lowest BCUT2D eigenvalue weighted by atomic mass is 9.92. The Hall–Kier alpha value is -3.83. The molecule has 1 saturated heterocycles. The number of rotatable bonds is 7. The first-order valence-corrected chi connectivity index (χ1v) is 12.0. The number of amides is 2. The molecule has 2 aliphatic rings. The summed E-state index contributed by atoms with van der Waals surface area (Å²) in [6.45, 7) is 7.94. The number of aryl methyl sites for hydroxylation is 1. The number of aromatic nitrogens is 2. The van der Waals surface area contributed by atoms with E-state index in [1.54, 1.807) is 19.1 Å². The SMILES string of the molecule is CCN1CCN(c2ccc3c4c(cccc24)C(=O)N(CC(O)Cn2c([N+](=O)[O-])cnc2C)C3=O)CC1. The van der Waals surface area contributed by atoms with E-state index >= 15 is 0 Å². The summed E-state index contributed by atoms with van der Waals surface area (Å²) in [7, 11) is 0. The van der Waals surface area contributed by atoms with Crippen LogP contribution in [0.4, 0.5) is 11.5 Å². The number of piperazine rings is 1. The number of aliphatic hydroxyl groups is 1. The van der Waals surface area contributed by atoms with Crippen molar-refractivity contribution in [3.63, 3.8) is 0 Å². The Bertz CT molecular complexity index is 1340. The van der Waals surface area contributed by atoms with E-state index in [1.165, 1.54) is 4.57 Å². The third kappa shape index (κ3) is 3.99. The van der Waals surface area contributed by atoms with Crippen molar-refractivity contribution in [3.8, 4) is 0 Å². The van der Waals surface area contributed by atoms with Crippen molar-refractivity contribution in [2.24, 2.45) is 0 Å². The fourth-order valence-corrected chi connectivity index (χ4v) is 5.18. The summed E-state index contributed by atoms with van der Waals surface area (Å²) in [4.78, 5) is 47.1. The number of β-amino-alcohol motifs (C(OH)–C–C–N with tert-alkyl or cyclic N) is 1. The van der Waals surface area contributed by atoms with Gasteiger partial charge in [0.05, 0.1) is 6.54 Å². The normalized spacial score (nSPS) is 17.2. The fraction of sp³-hybridized carbons (Fsp3) is 0.400. The van der Waals surface area contributed by atoms with Crippen molar-refractivity contribution in [1.82, 2.24) is 19.4 Å². The van der Waals surface area contributed by atoms with Gasteiger partial charge in [-0.05, 0) is 29.7 Å². The molecule has 11 nitrogen and oxygen atoms in total. The Morgan fingerprint density at radius 2 is 1.75 bits per heavy atom. The third-order valence-electron chi connectivity index (χ3n) is 7.14. The summed E-state index contributed by atoms with van der Waals surface area (Å²) < 4.78 is 1.27. The fourth-order valence-electron chi connectivity index (χ4n) is 5.18. The van der Waals surface area contributed by atoms with Crippen molar-refractivity contribution in [2.45, 2.75) is 26.5 Å². The molecule has 1 unspecified atom stereocenters. The van der Waals surface area contributed by atoms with Gasteiger partial charge in [0.25, 0.3) is 11.8 Å². The molecule has 5 rings (SSSR count). The minimum absolute atomic E-state index is 0.168. The molecule has 1 N–H and O–H groups in total. The summed E-state index contributed by atoms with van der Waals surface area (Å²) in [5.41, 5.74) is 1.82. The number of likely N-dealkylation sites (N-methyl/N-ethyl adjacent to an activating group) is 1. The van der Waals surface area contributed by atoms with Gasteiger partial charge in [0.1, 0.15) is 18.8 Å². The second-order valence-electron chi connectivity index (χ2n) is 9.19. The van der Waals surface area contributed by atoms with E-state index < -0.39 is 22.8 Å². The number of hydrogen-bond donors (Lipinski definition) is 1. The van der Waals surface area contributed by atoms with Gasteiger partial charge in [-0.1, -0.05) is 19.1 Å². The molecule has 188 valence electrons. The highest BCUT2D eigenvalue weighted by atomic mass is 16.6. The second-order valence-corrected chi connectivity index (χ2v) is 9.19. The van der Waals surface area contributed by atoms with Crippen LogP contribution in [0.1, 0.15) is 33.5 Å². The molecular formula is C25H28N6O5. The first-order chi connectivity index (χ1) is 17.3. The number of hydrogen-bond acceptors (Lipinski definition) is 8. The summed E-state index contributed by atoms with van der Waals surface area (Å²) >= 11 is 0. The van der Waals surface area contributed by atoms with Crippen LogP contribution in [0.25, 0.3) is 10.8 Å². The van der Waals surface area contributed by atoms with Crippen molar-refractivity contribution in [1.29, 1.82) is 0 Å². The average molecular weight is 493 g/mol. The predicted octanol–water partition coefficient (Wildman–Crippen LogP) is 2.05. The molecule has 2 aliphatic heterocycles. The smallest absolute Gasteiger partial charge is 0.342 e. The number of nitrogens with zero attached hydrogens (tertiary/aromatic N) is 6. The Morgan fingerprint density at radius 1 is 1.06 bits per heavy atom. The number of benzene rings is 2.